The Balaban J connectivity index is 1.71. The standard InChI is InChI=1S/C13H20N2O3S2/c16-9-12-13(4-7-19-12)20(17,18)14-10-3-6-15-5-1-2-11(15)8-10/h4,7,10-11,14,16H,1-3,5-6,8-9H2. The van der Waals surface area contributed by atoms with Gasteiger partial charge in [0.25, 0.3) is 0 Å². The maximum atomic E-state index is 12.4. The zero-order chi connectivity index (χ0) is 14.2. The van der Waals surface area contributed by atoms with Crippen molar-refractivity contribution in [2.75, 3.05) is 13.1 Å². The van der Waals surface area contributed by atoms with E-state index in [2.05, 4.69) is 9.62 Å². The van der Waals surface area contributed by atoms with Crippen molar-refractivity contribution in [3.63, 3.8) is 0 Å². The molecule has 2 N–H and O–H groups in total. The number of piperidine rings is 1. The van der Waals surface area contributed by atoms with Crippen molar-refractivity contribution >= 4 is 21.4 Å². The minimum Gasteiger partial charge on any atom is -0.391 e. The first-order valence-corrected chi connectivity index (χ1v) is 9.40. The number of thiophene rings is 1. The van der Waals surface area contributed by atoms with Crippen LogP contribution in [0.25, 0.3) is 0 Å². The van der Waals surface area contributed by atoms with Crippen LogP contribution in [0.3, 0.4) is 0 Å². The number of hydrogen-bond donors (Lipinski definition) is 2. The lowest BCUT2D eigenvalue weighted by Gasteiger charge is -2.34. The van der Waals surface area contributed by atoms with Gasteiger partial charge in [0.05, 0.1) is 11.5 Å². The number of sulfonamides is 1. The lowest BCUT2D eigenvalue weighted by atomic mass is 9.99. The van der Waals surface area contributed by atoms with E-state index in [1.54, 1.807) is 11.4 Å². The van der Waals surface area contributed by atoms with Gasteiger partial charge in [0.1, 0.15) is 0 Å². The number of aliphatic hydroxyl groups is 1. The molecule has 2 saturated heterocycles. The Morgan fingerprint density at radius 3 is 3.05 bits per heavy atom. The highest BCUT2D eigenvalue weighted by atomic mass is 32.2. The number of aliphatic hydroxyl groups excluding tert-OH is 1. The molecular weight excluding hydrogens is 296 g/mol. The smallest absolute Gasteiger partial charge is 0.242 e. The van der Waals surface area contributed by atoms with Crippen LogP contribution in [0, 0.1) is 0 Å². The summed E-state index contributed by atoms with van der Waals surface area (Å²) in [4.78, 5) is 3.21. The Labute approximate surface area is 123 Å². The van der Waals surface area contributed by atoms with Crippen molar-refractivity contribution in [3.8, 4) is 0 Å². The first kappa shape index (κ1) is 14.5. The zero-order valence-corrected chi connectivity index (χ0v) is 12.9. The van der Waals surface area contributed by atoms with Crippen molar-refractivity contribution in [3.05, 3.63) is 16.3 Å². The highest BCUT2D eigenvalue weighted by Crippen LogP contribution is 2.28. The van der Waals surface area contributed by atoms with E-state index in [9.17, 15) is 13.5 Å². The summed E-state index contributed by atoms with van der Waals surface area (Å²) in [6, 6.07) is 2.13. The highest BCUT2D eigenvalue weighted by Gasteiger charge is 2.34. The summed E-state index contributed by atoms with van der Waals surface area (Å²) in [5, 5.41) is 10.9. The Hall–Kier alpha value is -0.470. The number of hydrogen-bond acceptors (Lipinski definition) is 5. The molecule has 2 fully saturated rings. The molecule has 0 bridgehead atoms. The van der Waals surface area contributed by atoms with E-state index in [4.69, 9.17) is 0 Å². The molecule has 1 aromatic heterocycles. The molecule has 0 aromatic carbocycles. The van der Waals surface area contributed by atoms with E-state index < -0.39 is 10.0 Å². The van der Waals surface area contributed by atoms with Crippen LogP contribution in [0.5, 0.6) is 0 Å². The molecule has 3 heterocycles. The summed E-state index contributed by atoms with van der Waals surface area (Å²) in [5.74, 6) is 0. The van der Waals surface area contributed by atoms with Crippen molar-refractivity contribution in [2.45, 2.75) is 49.3 Å². The van der Waals surface area contributed by atoms with Crippen LogP contribution in [-0.2, 0) is 16.6 Å². The molecule has 1 aromatic rings. The van der Waals surface area contributed by atoms with Gasteiger partial charge < -0.3 is 10.0 Å². The van der Waals surface area contributed by atoms with Crippen LogP contribution in [0.1, 0.15) is 30.6 Å². The Kier molecular flexibility index (Phi) is 4.14. The van der Waals surface area contributed by atoms with E-state index in [-0.39, 0.29) is 17.5 Å². The fourth-order valence-electron chi connectivity index (χ4n) is 3.30. The fraction of sp³-hybridized carbons (Fsp3) is 0.692. The predicted molar refractivity (Wildman–Crippen MR) is 78.2 cm³/mol. The molecule has 0 amide bonds. The van der Waals surface area contributed by atoms with Gasteiger partial charge >= 0.3 is 0 Å². The van der Waals surface area contributed by atoms with Crippen molar-refractivity contribution in [2.24, 2.45) is 0 Å². The van der Waals surface area contributed by atoms with Gasteiger partial charge in [-0.1, -0.05) is 0 Å². The normalized spacial score (nSPS) is 27.6. The molecule has 0 radical (unpaired) electrons. The Bertz CT molecular complexity index is 570. The van der Waals surface area contributed by atoms with Crippen LogP contribution in [0.15, 0.2) is 16.3 Å². The highest BCUT2D eigenvalue weighted by molar-refractivity contribution is 7.89. The molecule has 20 heavy (non-hydrogen) atoms. The Morgan fingerprint density at radius 2 is 2.25 bits per heavy atom. The molecule has 2 atom stereocenters. The third-order valence-corrected chi connectivity index (χ3v) is 6.92. The minimum absolute atomic E-state index is 0.0193. The topological polar surface area (TPSA) is 69.6 Å². The SMILES string of the molecule is O=S(=O)(NC1CCN2CCCC2C1)c1ccsc1CO. The second-order valence-corrected chi connectivity index (χ2v) is 8.22. The van der Waals surface area contributed by atoms with Crippen LogP contribution in [0.4, 0.5) is 0 Å². The monoisotopic (exact) mass is 316 g/mol. The number of rotatable bonds is 4. The van der Waals surface area contributed by atoms with Gasteiger partial charge in [-0.2, -0.15) is 0 Å². The van der Waals surface area contributed by atoms with Crippen molar-refractivity contribution < 1.29 is 13.5 Å². The second kappa shape index (κ2) is 5.73. The van der Waals surface area contributed by atoms with Crippen LogP contribution < -0.4 is 4.72 Å². The van der Waals surface area contributed by atoms with Gasteiger partial charge in [0.2, 0.25) is 10.0 Å². The van der Waals surface area contributed by atoms with E-state index in [1.807, 2.05) is 0 Å². The second-order valence-electron chi connectivity index (χ2n) is 5.54. The van der Waals surface area contributed by atoms with E-state index in [1.165, 1.54) is 24.2 Å². The molecule has 2 aliphatic rings. The summed E-state index contributed by atoms with van der Waals surface area (Å²) in [7, 11) is -3.51. The Morgan fingerprint density at radius 1 is 1.40 bits per heavy atom. The maximum Gasteiger partial charge on any atom is 0.242 e. The molecule has 7 heteroatoms. The summed E-state index contributed by atoms with van der Waals surface area (Å²) >= 11 is 1.28. The van der Waals surface area contributed by atoms with E-state index in [0.717, 1.165) is 25.9 Å². The molecule has 0 saturated carbocycles. The number of nitrogens with one attached hydrogen (secondary N) is 1. The van der Waals surface area contributed by atoms with E-state index >= 15 is 0 Å². The third-order valence-electron chi connectivity index (χ3n) is 4.28. The zero-order valence-electron chi connectivity index (χ0n) is 11.3. The summed E-state index contributed by atoms with van der Waals surface area (Å²) < 4.78 is 27.6. The minimum atomic E-state index is -3.51. The molecule has 0 spiro atoms. The summed E-state index contributed by atoms with van der Waals surface area (Å²) in [6.45, 7) is 1.91. The summed E-state index contributed by atoms with van der Waals surface area (Å²) in [5.41, 5.74) is 0. The molecule has 2 aliphatic heterocycles. The predicted octanol–water partition coefficient (Wildman–Crippen LogP) is 1.15. The first-order valence-electron chi connectivity index (χ1n) is 7.04. The maximum absolute atomic E-state index is 12.4. The van der Waals surface area contributed by atoms with Crippen LogP contribution >= 0.6 is 11.3 Å². The van der Waals surface area contributed by atoms with Gasteiger partial charge in [-0.3, -0.25) is 0 Å². The van der Waals surface area contributed by atoms with Crippen LogP contribution in [-0.4, -0.2) is 43.6 Å². The third kappa shape index (κ3) is 2.78. The van der Waals surface area contributed by atoms with Crippen molar-refractivity contribution in [1.82, 2.24) is 9.62 Å². The first-order chi connectivity index (χ1) is 9.60. The largest absolute Gasteiger partial charge is 0.391 e. The van der Waals surface area contributed by atoms with Gasteiger partial charge in [-0.15, -0.1) is 11.3 Å². The van der Waals surface area contributed by atoms with Gasteiger partial charge in [-0.05, 0) is 50.2 Å². The number of fused-ring (bicyclic) bond motifs is 1. The average molecular weight is 316 g/mol. The number of nitrogens with zero attached hydrogens (tertiary/aromatic N) is 1. The van der Waals surface area contributed by atoms with Gasteiger partial charge in [0, 0.05) is 17.0 Å². The fourth-order valence-corrected chi connectivity index (χ4v) is 5.88. The lowest BCUT2D eigenvalue weighted by molar-refractivity contribution is 0.176. The van der Waals surface area contributed by atoms with E-state index in [0.29, 0.717) is 10.9 Å². The van der Waals surface area contributed by atoms with Gasteiger partial charge in [-0.25, -0.2) is 13.1 Å². The molecule has 112 valence electrons. The molecule has 0 aliphatic carbocycles. The quantitative estimate of drug-likeness (QED) is 0.874. The average Bonchev–Trinajstić information content (AvgIpc) is 3.06. The summed E-state index contributed by atoms with van der Waals surface area (Å²) in [6.07, 6.45) is 4.17. The molecule has 5 nitrogen and oxygen atoms in total. The van der Waals surface area contributed by atoms with Crippen LogP contribution in [0.2, 0.25) is 0 Å². The molecule has 2 unspecified atom stereocenters. The molecular formula is C13H20N2O3S2. The van der Waals surface area contributed by atoms with Gasteiger partial charge in [0.15, 0.2) is 0 Å². The molecule has 3 rings (SSSR count). The van der Waals surface area contributed by atoms with Crippen molar-refractivity contribution in [1.29, 1.82) is 0 Å². The lowest BCUT2D eigenvalue weighted by Crippen LogP contribution is -2.47.